The molecule has 0 aliphatic carbocycles. The lowest BCUT2D eigenvalue weighted by Crippen LogP contribution is -2.04. The van der Waals surface area contributed by atoms with Crippen molar-refractivity contribution in [3.05, 3.63) is 36.0 Å². The number of carboxylic acid groups (broad SMARTS) is 1. The lowest BCUT2D eigenvalue weighted by atomic mass is 10.2. The summed E-state index contributed by atoms with van der Waals surface area (Å²) in [7, 11) is 1.78. The van der Waals surface area contributed by atoms with Crippen LogP contribution in [0.1, 0.15) is 10.4 Å². The van der Waals surface area contributed by atoms with Gasteiger partial charge in [0.2, 0.25) is 0 Å². The molecule has 7 heteroatoms. The van der Waals surface area contributed by atoms with Crippen LogP contribution in [0.4, 0.5) is 0 Å². The maximum atomic E-state index is 11.2. The van der Waals surface area contributed by atoms with Gasteiger partial charge in [-0.2, -0.15) is 9.78 Å². The molecule has 2 aromatic heterocycles. The predicted octanol–water partition coefficient (Wildman–Crippen LogP) is 0.852. The van der Waals surface area contributed by atoms with Crippen molar-refractivity contribution in [2.24, 2.45) is 7.05 Å². The first kappa shape index (κ1) is 10.5. The molecule has 90 valence electrons. The second-order valence-electron chi connectivity index (χ2n) is 3.83. The SMILES string of the molecule is Cn1ccc(-n2nnc3cccc(C(=O)O)c32)n1. The largest absolute Gasteiger partial charge is 0.478 e. The van der Waals surface area contributed by atoms with E-state index in [9.17, 15) is 9.90 Å². The molecule has 0 spiro atoms. The minimum Gasteiger partial charge on any atom is -0.478 e. The molecule has 0 bridgehead atoms. The molecule has 0 saturated carbocycles. The number of rotatable bonds is 2. The summed E-state index contributed by atoms with van der Waals surface area (Å²) in [5.41, 5.74) is 1.13. The number of carbonyl (C=O) groups is 1. The average molecular weight is 243 g/mol. The number of carboxylic acids is 1. The van der Waals surface area contributed by atoms with E-state index in [-0.39, 0.29) is 5.56 Å². The Morgan fingerprint density at radius 3 is 2.83 bits per heavy atom. The monoisotopic (exact) mass is 243 g/mol. The van der Waals surface area contributed by atoms with E-state index in [0.717, 1.165) is 0 Å². The maximum absolute atomic E-state index is 11.2. The highest BCUT2D eigenvalue weighted by atomic mass is 16.4. The summed E-state index contributed by atoms with van der Waals surface area (Å²) in [6, 6.07) is 6.62. The zero-order valence-electron chi connectivity index (χ0n) is 9.48. The fraction of sp³-hybridized carbons (Fsp3) is 0.0909. The molecule has 2 heterocycles. The van der Waals surface area contributed by atoms with E-state index >= 15 is 0 Å². The number of hydrogen-bond donors (Lipinski definition) is 1. The van der Waals surface area contributed by atoms with Gasteiger partial charge in [0.15, 0.2) is 5.82 Å². The average Bonchev–Trinajstić information content (AvgIpc) is 2.94. The Balaban J connectivity index is 2.34. The van der Waals surface area contributed by atoms with Crippen LogP contribution in [0.3, 0.4) is 0 Å². The molecule has 3 rings (SSSR count). The lowest BCUT2D eigenvalue weighted by Gasteiger charge is -2.00. The van der Waals surface area contributed by atoms with Gasteiger partial charge in [-0.1, -0.05) is 11.3 Å². The van der Waals surface area contributed by atoms with Crippen molar-refractivity contribution in [3.63, 3.8) is 0 Å². The number of aromatic nitrogens is 5. The van der Waals surface area contributed by atoms with E-state index in [1.807, 2.05) is 0 Å². The van der Waals surface area contributed by atoms with Gasteiger partial charge < -0.3 is 5.11 Å². The zero-order valence-corrected chi connectivity index (χ0v) is 9.48. The molecule has 0 fully saturated rings. The van der Waals surface area contributed by atoms with Gasteiger partial charge in [0.25, 0.3) is 0 Å². The molecule has 1 N–H and O–H groups in total. The Morgan fingerprint density at radius 2 is 2.17 bits per heavy atom. The Bertz CT molecular complexity index is 743. The normalized spacial score (nSPS) is 10.9. The van der Waals surface area contributed by atoms with Gasteiger partial charge in [0.05, 0.1) is 5.56 Å². The summed E-state index contributed by atoms with van der Waals surface area (Å²) in [6.07, 6.45) is 1.76. The standard InChI is InChI=1S/C11H9N5O2/c1-15-6-5-9(13-15)16-10-7(11(17)18)3-2-4-8(10)12-14-16/h2-6H,1H3,(H,17,18). The molecule has 0 unspecified atom stereocenters. The minimum absolute atomic E-state index is 0.156. The molecule has 0 aliphatic rings. The van der Waals surface area contributed by atoms with Gasteiger partial charge in [0, 0.05) is 19.3 Å². The van der Waals surface area contributed by atoms with Crippen LogP contribution in [0.25, 0.3) is 16.9 Å². The zero-order chi connectivity index (χ0) is 12.7. The summed E-state index contributed by atoms with van der Waals surface area (Å²) < 4.78 is 3.05. The van der Waals surface area contributed by atoms with E-state index in [2.05, 4.69) is 15.4 Å². The lowest BCUT2D eigenvalue weighted by molar-refractivity contribution is 0.0698. The number of nitrogens with zero attached hydrogens (tertiary/aromatic N) is 5. The van der Waals surface area contributed by atoms with Crippen LogP contribution in [-0.4, -0.2) is 35.9 Å². The fourth-order valence-corrected chi connectivity index (χ4v) is 1.82. The van der Waals surface area contributed by atoms with Crippen molar-refractivity contribution >= 4 is 17.0 Å². The molecule has 0 amide bonds. The first-order valence-electron chi connectivity index (χ1n) is 5.24. The highest BCUT2D eigenvalue weighted by molar-refractivity contribution is 6.01. The number of fused-ring (bicyclic) bond motifs is 1. The van der Waals surface area contributed by atoms with Gasteiger partial charge in [-0.05, 0) is 12.1 Å². The van der Waals surface area contributed by atoms with E-state index in [4.69, 9.17) is 0 Å². The first-order valence-corrected chi connectivity index (χ1v) is 5.24. The van der Waals surface area contributed by atoms with Crippen molar-refractivity contribution < 1.29 is 9.90 Å². The summed E-state index contributed by atoms with van der Waals surface area (Å²) in [5, 5.41) is 21.3. The molecular weight excluding hydrogens is 234 g/mol. The number of hydrogen-bond acceptors (Lipinski definition) is 4. The van der Waals surface area contributed by atoms with Gasteiger partial charge in [-0.3, -0.25) is 4.68 Å². The Morgan fingerprint density at radius 1 is 1.33 bits per heavy atom. The molecule has 7 nitrogen and oxygen atoms in total. The molecule has 1 aromatic carbocycles. The smallest absolute Gasteiger partial charge is 0.337 e. The van der Waals surface area contributed by atoms with Crippen LogP contribution >= 0.6 is 0 Å². The van der Waals surface area contributed by atoms with Crippen LogP contribution in [0.5, 0.6) is 0 Å². The van der Waals surface area contributed by atoms with Crippen LogP contribution < -0.4 is 0 Å². The van der Waals surface area contributed by atoms with Gasteiger partial charge >= 0.3 is 5.97 Å². The summed E-state index contributed by atoms with van der Waals surface area (Å²) in [5.74, 6) is -0.478. The Hall–Kier alpha value is -2.70. The molecular formula is C11H9N5O2. The Labute approximate surface area is 101 Å². The van der Waals surface area contributed by atoms with E-state index in [1.54, 1.807) is 36.1 Å². The number of aryl methyl sites for hydroxylation is 1. The molecule has 0 aliphatic heterocycles. The molecule has 0 atom stereocenters. The van der Waals surface area contributed by atoms with E-state index in [0.29, 0.717) is 16.9 Å². The molecule has 18 heavy (non-hydrogen) atoms. The third-order valence-electron chi connectivity index (χ3n) is 2.62. The third-order valence-corrected chi connectivity index (χ3v) is 2.62. The van der Waals surface area contributed by atoms with E-state index < -0.39 is 5.97 Å². The quantitative estimate of drug-likeness (QED) is 0.721. The van der Waals surface area contributed by atoms with Gasteiger partial charge in [0.1, 0.15) is 11.0 Å². The van der Waals surface area contributed by atoms with Crippen LogP contribution in [0.2, 0.25) is 0 Å². The molecule has 0 saturated heterocycles. The number of aromatic carboxylic acids is 1. The van der Waals surface area contributed by atoms with Crippen molar-refractivity contribution in [1.29, 1.82) is 0 Å². The topological polar surface area (TPSA) is 85.8 Å². The van der Waals surface area contributed by atoms with Gasteiger partial charge in [-0.25, -0.2) is 4.79 Å². The van der Waals surface area contributed by atoms with Crippen LogP contribution in [-0.2, 0) is 7.05 Å². The van der Waals surface area contributed by atoms with Gasteiger partial charge in [-0.15, -0.1) is 5.10 Å². The number of para-hydroxylation sites is 1. The highest BCUT2D eigenvalue weighted by Crippen LogP contribution is 2.19. The highest BCUT2D eigenvalue weighted by Gasteiger charge is 2.16. The van der Waals surface area contributed by atoms with Crippen LogP contribution in [0, 0.1) is 0 Å². The summed E-state index contributed by atoms with van der Waals surface area (Å²) in [4.78, 5) is 11.2. The number of benzene rings is 1. The van der Waals surface area contributed by atoms with Crippen LogP contribution in [0.15, 0.2) is 30.5 Å². The molecule has 0 radical (unpaired) electrons. The first-order chi connectivity index (χ1) is 8.66. The Kier molecular flexibility index (Phi) is 2.12. The van der Waals surface area contributed by atoms with Crippen molar-refractivity contribution in [2.75, 3.05) is 0 Å². The predicted molar refractivity (Wildman–Crippen MR) is 62.6 cm³/mol. The minimum atomic E-state index is -1.01. The van der Waals surface area contributed by atoms with E-state index in [1.165, 1.54) is 10.7 Å². The van der Waals surface area contributed by atoms with Crippen molar-refractivity contribution in [1.82, 2.24) is 24.8 Å². The second kappa shape index (κ2) is 3.66. The maximum Gasteiger partial charge on any atom is 0.337 e. The molecule has 3 aromatic rings. The third kappa shape index (κ3) is 1.45. The van der Waals surface area contributed by atoms with Crippen molar-refractivity contribution in [3.8, 4) is 5.82 Å². The van der Waals surface area contributed by atoms with Crippen molar-refractivity contribution in [2.45, 2.75) is 0 Å². The second-order valence-corrected chi connectivity index (χ2v) is 3.83. The summed E-state index contributed by atoms with van der Waals surface area (Å²) in [6.45, 7) is 0. The fourth-order valence-electron chi connectivity index (χ4n) is 1.82. The summed E-state index contributed by atoms with van der Waals surface area (Å²) >= 11 is 0.